The molecule has 0 bridgehead atoms. The Hall–Kier alpha value is -0.920. The Labute approximate surface area is 101 Å². The SMILES string of the molecule is O=S(=O)(NCCc1ncc[nH]1)C1CCOCC1. The zero-order valence-corrected chi connectivity index (χ0v) is 10.4. The summed E-state index contributed by atoms with van der Waals surface area (Å²) in [6.07, 6.45) is 5.12. The zero-order valence-electron chi connectivity index (χ0n) is 9.55. The van der Waals surface area contributed by atoms with Crippen molar-refractivity contribution in [3.63, 3.8) is 0 Å². The average Bonchev–Trinajstić information content (AvgIpc) is 2.83. The minimum absolute atomic E-state index is 0.312. The topological polar surface area (TPSA) is 84.1 Å². The number of hydrogen-bond acceptors (Lipinski definition) is 4. The second-order valence-electron chi connectivity index (χ2n) is 4.04. The molecule has 1 aromatic heterocycles. The third kappa shape index (κ3) is 3.52. The highest BCUT2D eigenvalue weighted by molar-refractivity contribution is 7.90. The highest BCUT2D eigenvalue weighted by atomic mass is 32.2. The molecule has 0 atom stereocenters. The summed E-state index contributed by atoms with van der Waals surface area (Å²) in [5.41, 5.74) is 0. The highest BCUT2D eigenvalue weighted by Crippen LogP contribution is 2.14. The fraction of sp³-hybridized carbons (Fsp3) is 0.700. The van der Waals surface area contributed by atoms with Gasteiger partial charge in [0.25, 0.3) is 0 Å². The summed E-state index contributed by atoms with van der Waals surface area (Å²) in [4.78, 5) is 6.97. The fourth-order valence-electron chi connectivity index (χ4n) is 1.85. The van der Waals surface area contributed by atoms with Crippen LogP contribution in [0.1, 0.15) is 18.7 Å². The van der Waals surface area contributed by atoms with Gasteiger partial charge in [0.1, 0.15) is 5.82 Å². The van der Waals surface area contributed by atoms with Crippen LogP contribution in [0.2, 0.25) is 0 Å². The van der Waals surface area contributed by atoms with E-state index < -0.39 is 10.0 Å². The van der Waals surface area contributed by atoms with E-state index in [0.29, 0.717) is 39.0 Å². The van der Waals surface area contributed by atoms with Crippen molar-refractivity contribution < 1.29 is 13.2 Å². The molecule has 0 saturated carbocycles. The smallest absolute Gasteiger partial charge is 0.214 e. The van der Waals surface area contributed by atoms with Crippen molar-refractivity contribution in [2.75, 3.05) is 19.8 Å². The molecule has 17 heavy (non-hydrogen) atoms. The van der Waals surface area contributed by atoms with Crippen molar-refractivity contribution in [2.45, 2.75) is 24.5 Å². The summed E-state index contributed by atoms with van der Waals surface area (Å²) in [5, 5.41) is -0.312. The largest absolute Gasteiger partial charge is 0.381 e. The number of aromatic nitrogens is 2. The normalized spacial score (nSPS) is 18.4. The summed E-state index contributed by atoms with van der Waals surface area (Å²) in [7, 11) is -3.21. The number of aromatic amines is 1. The van der Waals surface area contributed by atoms with Crippen LogP contribution < -0.4 is 4.72 Å². The van der Waals surface area contributed by atoms with E-state index in [2.05, 4.69) is 14.7 Å². The van der Waals surface area contributed by atoms with Gasteiger partial charge in [0, 0.05) is 38.6 Å². The minimum atomic E-state index is -3.21. The third-order valence-electron chi connectivity index (χ3n) is 2.83. The van der Waals surface area contributed by atoms with Gasteiger partial charge in [-0.25, -0.2) is 18.1 Å². The number of ether oxygens (including phenoxy) is 1. The minimum Gasteiger partial charge on any atom is -0.381 e. The maximum atomic E-state index is 11.9. The first-order valence-corrected chi connectivity index (χ1v) is 7.27. The third-order valence-corrected chi connectivity index (χ3v) is 4.78. The standard InChI is InChI=1S/C10H17N3O3S/c14-17(15,9-2-7-16-8-3-9)13-4-1-10-11-5-6-12-10/h5-6,9,13H,1-4,7-8H2,(H,11,12). The van der Waals surface area contributed by atoms with E-state index >= 15 is 0 Å². The molecule has 0 spiro atoms. The molecule has 1 aliphatic rings. The van der Waals surface area contributed by atoms with Crippen molar-refractivity contribution >= 4 is 10.0 Å². The van der Waals surface area contributed by atoms with Crippen molar-refractivity contribution in [3.8, 4) is 0 Å². The van der Waals surface area contributed by atoms with Crippen molar-refractivity contribution in [3.05, 3.63) is 18.2 Å². The van der Waals surface area contributed by atoms with Gasteiger partial charge in [-0.1, -0.05) is 0 Å². The first-order chi connectivity index (χ1) is 8.18. The number of H-pyrrole nitrogens is 1. The predicted molar refractivity (Wildman–Crippen MR) is 63.1 cm³/mol. The van der Waals surface area contributed by atoms with Crippen LogP contribution in [0.4, 0.5) is 0 Å². The summed E-state index contributed by atoms with van der Waals surface area (Å²) < 4.78 is 31.6. The van der Waals surface area contributed by atoms with Crippen LogP contribution in [0, 0.1) is 0 Å². The van der Waals surface area contributed by atoms with Gasteiger partial charge in [-0.05, 0) is 12.8 Å². The Morgan fingerprint density at radius 3 is 2.88 bits per heavy atom. The van der Waals surface area contributed by atoms with Crippen LogP contribution in [0.15, 0.2) is 12.4 Å². The lowest BCUT2D eigenvalue weighted by Gasteiger charge is -2.22. The van der Waals surface area contributed by atoms with Gasteiger partial charge in [-0.15, -0.1) is 0 Å². The van der Waals surface area contributed by atoms with E-state index in [-0.39, 0.29) is 5.25 Å². The van der Waals surface area contributed by atoms with Crippen LogP contribution in [-0.2, 0) is 21.2 Å². The summed E-state index contributed by atoms with van der Waals surface area (Å²) in [6, 6.07) is 0. The second-order valence-corrected chi connectivity index (χ2v) is 6.08. The Morgan fingerprint density at radius 2 is 2.24 bits per heavy atom. The van der Waals surface area contributed by atoms with E-state index in [1.165, 1.54) is 0 Å². The van der Waals surface area contributed by atoms with Gasteiger partial charge in [0.05, 0.1) is 5.25 Å². The first-order valence-electron chi connectivity index (χ1n) is 5.73. The summed E-state index contributed by atoms with van der Waals surface area (Å²) in [6.45, 7) is 1.45. The Bertz CT molecular complexity index is 424. The summed E-state index contributed by atoms with van der Waals surface area (Å²) >= 11 is 0. The molecule has 0 radical (unpaired) electrons. The van der Waals surface area contributed by atoms with Crippen LogP contribution in [0.3, 0.4) is 0 Å². The van der Waals surface area contributed by atoms with Crippen LogP contribution in [0.5, 0.6) is 0 Å². The molecule has 0 aromatic carbocycles. The molecule has 2 N–H and O–H groups in total. The van der Waals surface area contributed by atoms with Gasteiger partial charge >= 0.3 is 0 Å². The quantitative estimate of drug-likeness (QED) is 0.782. The molecule has 0 aliphatic carbocycles. The maximum absolute atomic E-state index is 11.9. The molecule has 7 heteroatoms. The molecule has 1 aliphatic heterocycles. The predicted octanol–water partition coefficient (Wildman–Crippen LogP) is 0.0506. The van der Waals surface area contributed by atoms with E-state index in [4.69, 9.17) is 4.74 Å². The van der Waals surface area contributed by atoms with E-state index in [1.54, 1.807) is 12.4 Å². The molecular weight excluding hydrogens is 242 g/mol. The van der Waals surface area contributed by atoms with Crippen molar-refractivity contribution in [1.29, 1.82) is 0 Å². The molecule has 0 unspecified atom stereocenters. The molecule has 6 nitrogen and oxygen atoms in total. The molecular formula is C10H17N3O3S. The van der Waals surface area contributed by atoms with Gasteiger partial charge in [0.2, 0.25) is 10.0 Å². The Kier molecular flexibility index (Phi) is 4.14. The number of nitrogens with one attached hydrogen (secondary N) is 2. The van der Waals surface area contributed by atoms with Crippen molar-refractivity contribution in [2.24, 2.45) is 0 Å². The number of rotatable bonds is 5. The number of nitrogens with zero attached hydrogens (tertiary/aromatic N) is 1. The maximum Gasteiger partial charge on any atom is 0.214 e. The summed E-state index contributed by atoms with van der Waals surface area (Å²) in [5.74, 6) is 0.791. The molecule has 2 rings (SSSR count). The molecule has 0 amide bonds. The lowest BCUT2D eigenvalue weighted by atomic mass is 10.2. The molecule has 1 aromatic rings. The average molecular weight is 259 g/mol. The first kappa shape index (κ1) is 12.5. The van der Waals surface area contributed by atoms with Crippen molar-refractivity contribution in [1.82, 2.24) is 14.7 Å². The molecule has 2 heterocycles. The van der Waals surface area contributed by atoms with Gasteiger partial charge < -0.3 is 9.72 Å². The second kappa shape index (κ2) is 5.61. The molecule has 1 fully saturated rings. The number of imidazole rings is 1. The van der Waals surface area contributed by atoms with E-state index in [0.717, 1.165) is 5.82 Å². The number of hydrogen-bond donors (Lipinski definition) is 2. The van der Waals surface area contributed by atoms with Gasteiger partial charge in [0.15, 0.2) is 0 Å². The molecule has 1 saturated heterocycles. The Morgan fingerprint density at radius 1 is 1.47 bits per heavy atom. The van der Waals surface area contributed by atoms with E-state index in [1.807, 2.05) is 0 Å². The van der Waals surface area contributed by atoms with Crippen LogP contribution in [-0.4, -0.2) is 43.4 Å². The van der Waals surface area contributed by atoms with E-state index in [9.17, 15) is 8.42 Å². The molecule has 96 valence electrons. The lowest BCUT2D eigenvalue weighted by molar-refractivity contribution is 0.0981. The number of sulfonamides is 1. The monoisotopic (exact) mass is 259 g/mol. The Balaban J connectivity index is 1.80. The van der Waals surface area contributed by atoms with Gasteiger partial charge in [-0.2, -0.15) is 0 Å². The zero-order chi connectivity index (χ0) is 12.1. The van der Waals surface area contributed by atoms with Gasteiger partial charge in [-0.3, -0.25) is 0 Å². The fourth-order valence-corrected chi connectivity index (χ4v) is 3.29. The lowest BCUT2D eigenvalue weighted by Crippen LogP contribution is -2.38. The van der Waals surface area contributed by atoms with Crippen LogP contribution in [0.25, 0.3) is 0 Å². The highest BCUT2D eigenvalue weighted by Gasteiger charge is 2.26. The van der Waals surface area contributed by atoms with Crippen LogP contribution >= 0.6 is 0 Å².